The highest BCUT2D eigenvalue weighted by atomic mass is 32.1. The minimum absolute atomic E-state index is 0.274. The average molecular weight is 169 g/mol. The van der Waals surface area contributed by atoms with Crippen LogP contribution in [0.2, 0.25) is 0 Å². The van der Waals surface area contributed by atoms with Crippen molar-refractivity contribution in [2.75, 3.05) is 13.1 Å². The zero-order valence-corrected chi connectivity index (χ0v) is 6.97. The fraction of sp³-hybridized carbons (Fsp3) is 0.571. The van der Waals surface area contributed by atoms with Gasteiger partial charge in [0.05, 0.1) is 5.51 Å². The molecule has 0 spiro atoms. The SMILES string of the molecule is NC1CNCC1c1cncs1. The quantitative estimate of drug-likeness (QED) is 0.629. The number of rotatable bonds is 1. The summed E-state index contributed by atoms with van der Waals surface area (Å²) in [6, 6.07) is 0.274. The van der Waals surface area contributed by atoms with Gasteiger partial charge in [0.1, 0.15) is 0 Å². The van der Waals surface area contributed by atoms with Gasteiger partial charge >= 0.3 is 0 Å². The van der Waals surface area contributed by atoms with Crippen molar-refractivity contribution in [2.24, 2.45) is 5.73 Å². The Kier molecular flexibility index (Phi) is 1.89. The molecule has 3 N–H and O–H groups in total. The van der Waals surface area contributed by atoms with E-state index in [1.807, 2.05) is 11.7 Å². The van der Waals surface area contributed by atoms with Crippen LogP contribution in [0.5, 0.6) is 0 Å². The number of nitrogens with zero attached hydrogens (tertiary/aromatic N) is 1. The minimum Gasteiger partial charge on any atom is -0.326 e. The fourth-order valence-corrected chi connectivity index (χ4v) is 2.22. The second-order valence-electron chi connectivity index (χ2n) is 2.83. The highest BCUT2D eigenvalue weighted by molar-refractivity contribution is 7.09. The van der Waals surface area contributed by atoms with E-state index in [1.54, 1.807) is 11.3 Å². The van der Waals surface area contributed by atoms with Crippen molar-refractivity contribution < 1.29 is 0 Å². The van der Waals surface area contributed by atoms with Gasteiger partial charge in [-0.2, -0.15) is 0 Å². The van der Waals surface area contributed by atoms with E-state index < -0.39 is 0 Å². The Bertz CT molecular complexity index is 222. The Hall–Kier alpha value is -0.450. The Balaban J connectivity index is 2.16. The molecule has 60 valence electrons. The maximum Gasteiger partial charge on any atom is 0.0794 e. The molecular formula is C7H11N3S. The lowest BCUT2D eigenvalue weighted by molar-refractivity contribution is 0.662. The molecule has 0 aliphatic carbocycles. The Morgan fingerprint density at radius 3 is 3.09 bits per heavy atom. The Morgan fingerprint density at radius 2 is 2.55 bits per heavy atom. The molecule has 2 unspecified atom stereocenters. The zero-order chi connectivity index (χ0) is 7.68. The van der Waals surface area contributed by atoms with Crippen LogP contribution in [0.25, 0.3) is 0 Å². The maximum absolute atomic E-state index is 5.89. The van der Waals surface area contributed by atoms with Crippen LogP contribution in [0, 0.1) is 0 Å². The van der Waals surface area contributed by atoms with Gasteiger partial charge in [0.2, 0.25) is 0 Å². The van der Waals surface area contributed by atoms with Gasteiger partial charge in [-0.1, -0.05) is 0 Å². The van der Waals surface area contributed by atoms with E-state index in [9.17, 15) is 0 Å². The highest BCUT2D eigenvalue weighted by Crippen LogP contribution is 2.24. The van der Waals surface area contributed by atoms with E-state index in [1.165, 1.54) is 4.88 Å². The predicted molar refractivity (Wildman–Crippen MR) is 45.7 cm³/mol. The Labute approximate surface area is 69.6 Å². The lowest BCUT2D eigenvalue weighted by atomic mass is 10.0. The molecule has 1 saturated heterocycles. The van der Waals surface area contributed by atoms with E-state index in [0.29, 0.717) is 5.92 Å². The minimum atomic E-state index is 0.274. The van der Waals surface area contributed by atoms with Crippen LogP contribution >= 0.6 is 11.3 Å². The molecule has 1 aromatic heterocycles. The van der Waals surface area contributed by atoms with Crippen molar-refractivity contribution in [1.82, 2.24) is 10.3 Å². The summed E-state index contributed by atoms with van der Waals surface area (Å²) < 4.78 is 0. The first-order chi connectivity index (χ1) is 5.38. The number of hydrogen-bond acceptors (Lipinski definition) is 4. The van der Waals surface area contributed by atoms with E-state index in [2.05, 4.69) is 10.3 Å². The summed E-state index contributed by atoms with van der Waals surface area (Å²) in [4.78, 5) is 5.34. The number of thiazole rings is 1. The van der Waals surface area contributed by atoms with E-state index in [4.69, 9.17) is 5.73 Å². The lowest BCUT2D eigenvalue weighted by Gasteiger charge is -2.10. The molecule has 1 aliphatic rings. The molecule has 1 fully saturated rings. The second-order valence-corrected chi connectivity index (χ2v) is 3.75. The standard InChI is InChI=1S/C7H11N3S/c8-6-2-9-1-5(6)7-3-10-4-11-7/h3-6,9H,1-2,8H2. The molecule has 0 amide bonds. The highest BCUT2D eigenvalue weighted by Gasteiger charge is 2.25. The Morgan fingerprint density at radius 1 is 1.64 bits per heavy atom. The number of aromatic nitrogens is 1. The third-order valence-electron chi connectivity index (χ3n) is 2.08. The van der Waals surface area contributed by atoms with Gasteiger partial charge in [-0.25, -0.2) is 0 Å². The largest absolute Gasteiger partial charge is 0.326 e. The summed E-state index contributed by atoms with van der Waals surface area (Å²) in [5.41, 5.74) is 7.75. The predicted octanol–water partition coefficient (Wildman–Crippen LogP) is 0.157. The van der Waals surface area contributed by atoms with E-state index >= 15 is 0 Å². The molecule has 0 radical (unpaired) electrons. The van der Waals surface area contributed by atoms with Gasteiger partial charge in [-0.05, 0) is 0 Å². The van der Waals surface area contributed by atoms with Gasteiger partial charge in [-0.15, -0.1) is 11.3 Å². The topological polar surface area (TPSA) is 50.9 Å². The smallest absolute Gasteiger partial charge is 0.0794 e. The molecule has 0 aromatic carbocycles. The molecule has 1 aromatic rings. The molecular weight excluding hydrogens is 158 g/mol. The van der Waals surface area contributed by atoms with Crippen LogP contribution in [0.1, 0.15) is 10.8 Å². The van der Waals surface area contributed by atoms with Gasteiger partial charge in [-0.3, -0.25) is 4.98 Å². The first kappa shape index (κ1) is 7.21. The number of nitrogens with one attached hydrogen (secondary N) is 1. The summed E-state index contributed by atoms with van der Waals surface area (Å²) >= 11 is 1.69. The van der Waals surface area contributed by atoms with Gasteiger partial charge in [0.25, 0.3) is 0 Å². The fourth-order valence-electron chi connectivity index (χ4n) is 1.42. The molecule has 4 heteroatoms. The monoisotopic (exact) mass is 169 g/mol. The molecule has 11 heavy (non-hydrogen) atoms. The van der Waals surface area contributed by atoms with Crippen molar-refractivity contribution in [2.45, 2.75) is 12.0 Å². The zero-order valence-electron chi connectivity index (χ0n) is 6.16. The lowest BCUT2D eigenvalue weighted by Crippen LogP contribution is -2.27. The number of nitrogens with two attached hydrogens (primary N) is 1. The molecule has 2 atom stereocenters. The van der Waals surface area contributed by atoms with Crippen LogP contribution in [-0.2, 0) is 0 Å². The van der Waals surface area contributed by atoms with Crippen LogP contribution in [0.3, 0.4) is 0 Å². The third-order valence-corrected chi connectivity index (χ3v) is 2.99. The molecule has 3 nitrogen and oxygen atoms in total. The van der Waals surface area contributed by atoms with Crippen molar-refractivity contribution in [3.05, 3.63) is 16.6 Å². The second kappa shape index (κ2) is 2.89. The van der Waals surface area contributed by atoms with E-state index in [-0.39, 0.29) is 6.04 Å². The molecule has 0 saturated carbocycles. The van der Waals surface area contributed by atoms with Crippen molar-refractivity contribution in [3.8, 4) is 0 Å². The van der Waals surface area contributed by atoms with Crippen LogP contribution in [0.15, 0.2) is 11.7 Å². The van der Waals surface area contributed by atoms with Gasteiger partial charge in [0.15, 0.2) is 0 Å². The summed E-state index contributed by atoms with van der Waals surface area (Å²) in [6.07, 6.45) is 1.92. The van der Waals surface area contributed by atoms with Crippen molar-refractivity contribution >= 4 is 11.3 Å². The number of hydrogen-bond donors (Lipinski definition) is 2. The van der Waals surface area contributed by atoms with Gasteiger partial charge in [0, 0.05) is 36.1 Å². The summed E-state index contributed by atoms with van der Waals surface area (Å²) in [6.45, 7) is 1.94. The van der Waals surface area contributed by atoms with Crippen LogP contribution in [-0.4, -0.2) is 24.1 Å². The first-order valence-corrected chi connectivity index (χ1v) is 4.60. The first-order valence-electron chi connectivity index (χ1n) is 3.72. The van der Waals surface area contributed by atoms with Crippen molar-refractivity contribution in [3.63, 3.8) is 0 Å². The average Bonchev–Trinajstić information content (AvgIpc) is 2.55. The van der Waals surface area contributed by atoms with Gasteiger partial charge < -0.3 is 11.1 Å². The molecule has 1 aliphatic heterocycles. The van der Waals surface area contributed by atoms with Crippen LogP contribution in [0.4, 0.5) is 0 Å². The summed E-state index contributed by atoms with van der Waals surface area (Å²) in [5.74, 6) is 0.488. The third kappa shape index (κ3) is 1.29. The van der Waals surface area contributed by atoms with Crippen LogP contribution < -0.4 is 11.1 Å². The maximum atomic E-state index is 5.89. The van der Waals surface area contributed by atoms with E-state index in [0.717, 1.165) is 13.1 Å². The summed E-state index contributed by atoms with van der Waals surface area (Å²) in [5, 5.41) is 3.26. The molecule has 2 heterocycles. The summed E-state index contributed by atoms with van der Waals surface area (Å²) in [7, 11) is 0. The molecule has 0 bridgehead atoms. The normalized spacial score (nSPS) is 31.0. The van der Waals surface area contributed by atoms with Crippen molar-refractivity contribution in [1.29, 1.82) is 0 Å². The molecule has 2 rings (SSSR count).